The van der Waals surface area contributed by atoms with Crippen LogP contribution in [0.15, 0.2) is 18.2 Å². The van der Waals surface area contributed by atoms with E-state index in [0.717, 1.165) is 22.5 Å². The van der Waals surface area contributed by atoms with Crippen LogP contribution in [0.3, 0.4) is 0 Å². The fourth-order valence-electron chi connectivity index (χ4n) is 2.13. The maximum atomic E-state index is 11.8. The Kier molecular flexibility index (Phi) is 4.24. The van der Waals surface area contributed by atoms with Gasteiger partial charge in [0.05, 0.1) is 22.8 Å². The molecule has 1 aromatic heterocycles. The van der Waals surface area contributed by atoms with Crippen molar-refractivity contribution >= 4 is 28.4 Å². The number of methoxy groups -OCH3 is 1. The highest BCUT2D eigenvalue weighted by atomic mass is 127. The zero-order valence-electron chi connectivity index (χ0n) is 11.1. The molecule has 2 aromatic rings. The van der Waals surface area contributed by atoms with E-state index >= 15 is 0 Å². The van der Waals surface area contributed by atoms with Crippen LogP contribution < -0.4 is 4.74 Å². The number of ether oxygens (including phenoxy) is 1. The molecule has 5 heteroatoms. The normalized spacial score (nSPS) is 10.5. The van der Waals surface area contributed by atoms with E-state index in [1.807, 2.05) is 32.0 Å². The first kappa shape index (κ1) is 14.0. The minimum absolute atomic E-state index is 0.0737. The van der Waals surface area contributed by atoms with Gasteiger partial charge in [-0.1, -0.05) is 28.7 Å². The predicted molar refractivity (Wildman–Crippen MR) is 83.3 cm³/mol. The number of hydrogen-bond acceptors (Lipinski definition) is 3. The quantitative estimate of drug-likeness (QED) is 0.510. The second-order valence-electron chi connectivity index (χ2n) is 4.28. The molecule has 0 spiro atoms. The van der Waals surface area contributed by atoms with Gasteiger partial charge in [0, 0.05) is 11.3 Å². The molecular formula is C14H15IN2O2. The van der Waals surface area contributed by atoms with Gasteiger partial charge in [0.1, 0.15) is 5.75 Å². The number of ketones is 1. The zero-order valence-corrected chi connectivity index (χ0v) is 13.2. The standard InChI is InChI=1S/C14H15IN2O2/c1-8-14(9(2)17-16-8)10-4-5-11(12(18)7-15)13(6-10)19-3/h4-6H,7H2,1-3H3,(H,16,17). The Labute approximate surface area is 125 Å². The number of benzene rings is 1. The van der Waals surface area contributed by atoms with Gasteiger partial charge in [-0.25, -0.2) is 0 Å². The summed E-state index contributed by atoms with van der Waals surface area (Å²) in [5.41, 5.74) is 4.64. The van der Waals surface area contributed by atoms with E-state index in [1.54, 1.807) is 7.11 Å². The van der Waals surface area contributed by atoms with Crippen molar-refractivity contribution < 1.29 is 9.53 Å². The molecule has 0 unspecified atom stereocenters. The van der Waals surface area contributed by atoms with E-state index in [9.17, 15) is 4.79 Å². The molecule has 0 amide bonds. The molecule has 100 valence electrons. The molecule has 19 heavy (non-hydrogen) atoms. The number of halogens is 1. The van der Waals surface area contributed by atoms with Crippen molar-refractivity contribution in [3.05, 3.63) is 35.2 Å². The summed E-state index contributed by atoms with van der Waals surface area (Å²) in [5.74, 6) is 0.684. The topological polar surface area (TPSA) is 55.0 Å². The van der Waals surface area contributed by atoms with Crippen molar-refractivity contribution in [3.8, 4) is 16.9 Å². The van der Waals surface area contributed by atoms with Gasteiger partial charge in [-0.2, -0.15) is 5.10 Å². The van der Waals surface area contributed by atoms with Crippen molar-refractivity contribution in [3.63, 3.8) is 0 Å². The second-order valence-corrected chi connectivity index (χ2v) is 5.04. The van der Waals surface area contributed by atoms with E-state index < -0.39 is 0 Å². The van der Waals surface area contributed by atoms with Gasteiger partial charge in [-0.15, -0.1) is 0 Å². The van der Waals surface area contributed by atoms with E-state index in [-0.39, 0.29) is 5.78 Å². The maximum Gasteiger partial charge on any atom is 0.176 e. The van der Waals surface area contributed by atoms with Crippen LogP contribution in [0.1, 0.15) is 21.7 Å². The van der Waals surface area contributed by atoms with Crippen molar-refractivity contribution in [1.29, 1.82) is 0 Å². The Morgan fingerprint density at radius 3 is 2.68 bits per heavy atom. The molecule has 0 aliphatic rings. The van der Waals surface area contributed by atoms with E-state index in [1.165, 1.54) is 0 Å². The van der Waals surface area contributed by atoms with Crippen molar-refractivity contribution in [2.45, 2.75) is 13.8 Å². The molecule has 0 fully saturated rings. The van der Waals surface area contributed by atoms with Crippen LogP contribution in [-0.2, 0) is 0 Å². The maximum absolute atomic E-state index is 11.8. The lowest BCUT2D eigenvalue weighted by Crippen LogP contribution is -2.03. The number of carbonyl (C=O) groups excluding carboxylic acids is 1. The highest BCUT2D eigenvalue weighted by molar-refractivity contribution is 14.1. The number of carbonyl (C=O) groups is 1. The first-order valence-corrected chi connectivity index (χ1v) is 7.40. The van der Waals surface area contributed by atoms with Crippen LogP contribution in [0.25, 0.3) is 11.1 Å². The van der Waals surface area contributed by atoms with Gasteiger partial charge in [0.15, 0.2) is 5.78 Å². The monoisotopic (exact) mass is 370 g/mol. The number of rotatable bonds is 4. The smallest absolute Gasteiger partial charge is 0.176 e. The number of Topliss-reactive ketones (excluding diaryl/α,β-unsaturated/α-hetero) is 1. The fraction of sp³-hybridized carbons (Fsp3) is 0.286. The summed E-state index contributed by atoms with van der Waals surface area (Å²) in [5, 5.41) is 7.15. The lowest BCUT2D eigenvalue weighted by atomic mass is 10.0. The highest BCUT2D eigenvalue weighted by Crippen LogP contribution is 2.30. The third-order valence-electron chi connectivity index (χ3n) is 3.04. The first-order valence-electron chi connectivity index (χ1n) is 5.87. The third kappa shape index (κ3) is 2.65. The third-order valence-corrected chi connectivity index (χ3v) is 3.73. The molecule has 2 rings (SSSR count). The largest absolute Gasteiger partial charge is 0.496 e. The average Bonchev–Trinajstić information content (AvgIpc) is 2.76. The summed E-state index contributed by atoms with van der Waals surface area (Å²) >= 11 is 2.06. The Morgan fingerprint density at radius 2 is 2.16 bits per heavy atom. The Hall–Kier alpha value is -1.37. The molecule has 1 aromatic carbocycles. The van der Waals surface area contributed by atoms with Gasteiger partial charge in [0.25, 0.3) is 0 Å². The van der Waals surface area contributed by atoms with Crippen molar-refractivity contribution in [2.24, 2.45) is 0 Å². The zero-order chi connectivity index (χ0) is 14.0. The van der Waals surface area contributed by atoms with Crippen LogP contribution in [0.2, 0.25) is 0 Å². The highest BCUT2D eigenvalue weighted by Gasteiger charge is 2.15. The summed E-state index contributed by atoms with van der Waals surface area (Å²) in [4.78, 5) is 11.8. The molecule has 4 nitrogen and oxygen atoms in total. The lowest BCUT2D eigenvalue weighted by molar-refractivity contribution is 0.102. The summed E-state index contributed by atoms with van der Waals surface area (Å²) in [6, 6.07) is 5.65. The Morgan fingerprint density at radius 1 is 1.42 bits per heavy atom. The predicted octanol–water partition coefficient (Wildman–Crippen LogP) is 3.32. The Balaban J connectivity index is 2.54. The van der Waals surface area contributed by atoms with Crippen LogP contribution in [0, 0.1) is 13.8 Å². The minimum Gasteiger partial charge on any atom is -0.496 e. The van der Waals surface area contributed by atoms with Gasteiger partial charge in [-0.3, -0.25) is 9.89 Å². The van der Waals surface area contributed by atoms with Gasteiger partial charge >= 0.3 is 0 Å². The molecule has 0 aliphatic carbocycles. The summed E-state index contributed by atoms with van der Waals surface area (Å²) in [6.45, 7) is 3.93. The molecule has 1 heterocycles. The van der Waals surface area contributed by atoms with Crippen LogP contribution in [0.5, 0.6) is 5.75 Å². The van der Waals surface area contributed by atoms with E-state index in [4.69, 9.17) is 4.74 Å². The molecule has 1 N–H and O–H groups in total. The van der Waals surface area contributed by atoms with Crippen molar-refractivity contribution in [1.82, 2.24) is 10.2 Å². The van der Waals surface area contributed by atoms with Crippen LogP contribution in [0.4, 0.5) is 0 Å². The molecule has 0 bridgehead atoms. The average molecular weight is 370 g/mol. The number of aromatic nitrogens is 2. The summed E-state index contributed by atoms with van der Waals surface area (Å²) in [7, 11) is 1.58. The summed E-state index contributed by atoms with van der Waals surface area (Å²) < 4.78 is 5.77. The van der Waals surface area contributed by atoms with E-state index in [2.05, 4.69) is 32.8 Å². The molecule has 0 radical (unpaired) electrons. The summed E-state index contributed by atoms with van der Waals surface area (Å²) in [6.07, 6.45) is 0. The number of aromatic amines is 1. The van der Waals surface area contributed by atoms with Gasteiger partial charge < -0.3 is 4.74 Å². The number of H-pyrrole nitrogens is 1. The van der Waals surface area contributed by atoms with Crippen molar-refractivity contribution in [2.75, 3.05) is 11.5 Å². The molecule has 0 aliphatic heterocycles. The lowest BCUT2D eigenvalue weighted by Gasteiger charge is -2.09. The minimum atomic E-state index is 0.0737. The first-order chi connectivity index (χ1) is 9.08. The van der Waals surface area contributed by atoms with Crippen LogP contribution in [-0.4, -0.2) is 27.5 Å². The second kappa shape index (κ2) is 5.73. The number of aryl methyl sites for hydroxylation is 2. The number of hydrogen-bond donors (Lipinski definition) is 1. The molecule has 0 saturated heterocycles. The molecular weight excluding hydrogens is 355 g/mol. The number of nitrogens with one attached hydrogen (secondary N) is 1. The molecule has 0 atom stereocenters. The Bertz CT molecular complexity index is 600. The van der Waals surface area contributed by atoms with E-state index in [0.29, 0.717) is 15.7 Å². The van der Waals surface area contributed by atoms with Crippen LogP contribution >= 0.6 is 22.6 Å². The molecule has 0 saturated carbocycles. The van der Waals surface area contributed by atoms with Gasteiger partial charge in [0.2, 0.25) is 0 Å². The van der Waals surface area contributed by atoms with Gasteiger partial charge in [-0.05, 0) is 31.5 Å². The SMILES string of the molecule is COc1cc(-c2c(C)n[nH]c2C)ccc1C(=O)CI. The number of alkyl halides is 1. The fourth-order valence-corrected chi connectivity index (χ4v) is 2.54. The number of nitrogens with zero attached hydrogens (tertiary/aromatic N) is 1.